The number of hydrogen-bond donors (Lipinski definition) is 0. The Hall–Kier alpha value is -5.80. The van der Waals surface area contributed by atoms with Gasteiger partial charge in [0.2, 0.25) is 0 Å². The van der Waals surface area contributed by atoms with E-state index in [-0.39, 0.29) is 0 Å². The monoisotopic (exact) mass is 547 g/mol. The van der Waals surface area contributed by atoms with Crippen molar-refractivity contribution in [3.8, 4) is 33.5 Å². The maximum Gasteiger partial charge on any atom is 0.146 e. The van der Waals surface area contributed by atoms with Gasteiger partial charge in [-0.1, -0.05) is 115 Å². The van der Waals surface area contributed by atoms with E-state index in [0.29, 0.717) is 0 Å². The molecule has 0 bridgehead atoms. The van der Waals surface area contributed by atoms with E-state index in [0.717, 1.165) is 44.2 Å². The Kier molecular flexibility index (Phi) is 5.20. The van der Waals surface area contributed by atoms with Crippen LogP contribution in [0.1, 0.15) is 0 Å². The second kappa shape index (κ2) is 9.37. The number of benzene rings is 6. The molecule has 0 N–H and O–H groups in total. The first kappa shape index (κ1) is 23.9. The molecule has 0 amide bonds. The summed E-state index contributed by atoms with van der Waals surface area (Å²) in [6.45, 7) is 0. The molecule has 3 nitrogen and oxygen atoms in total. The number of rotatable bonds is 3. The zero-order valence-corrected chi connectivity index (χ0v) is 23.3. The summed E-state index contributed by atoms with van der Waals surface area (Å²) in [5.41, 5.74) is 11.1. The van der Waals surface area contributed by atoms with Crippen LogP contribution < -0.4 is 0 Å². The van der Waals surface area contributed by atoms with Gasteiger partial charge in [0.1, 0.15) is 5.65 Å². The van der Waals surface area contributed by atoms with E-state index in [1.807, 2.05) is 12.3 Å². The van der Waals surface area contributed by atoms with Gasteiger partial charge in [-0.15, -0.1) is 0 Å². The van der Waals surface area contributed by atoms with Crippen molar-refractivity contribution >= 4 is 49.1 Å². The van der Waals surface area contributed by atoms with Crippen LogP contribution in [0.2, 0.25) is 0 Å². The number of para-hydroxylation sites is 3. The average molecular weight is 548 g/mol. The van der Waals surface area contributed by atoms with Gasteiger partial charge in [-0.25, -0.2) is 4.98 Å². The summed E-state index contributed by atoms with van der Waals surface area (Å²) in [6, 6.07) is 51.7. The maximum absolute atomic E-state index is 5.06. The summed E-state index contributed by atoms with van der Waals surface area (Å²) in [5, 5.41) is 5.92. The third-order valence-electron chi connectivity index (χ3n) is 8.62. The molecular weight excluding hydrogens is 522 g/mol. The quantitative estimate of drug-likeness (QED) is 0.206. The summed E-state index contributed by atoms with van der Waals surface area (Å²) < 4.78 is 2.28. The van der Waals surface area contributed by atoms with E-state index in [9.17, 15) is 0 Å². The first-order chi connectivity index (χ1) is 21.3. The van der Waals surface area contributed by atoms with Gasteiger partial charge < -0.3 is 0 Å². The third kappa shape index (κ3) is 3.83. The molecule has 0 aliphatic carbocycles. The molecule has 200 valence electrons. The van der Waals surface area contributed by atoms with Gasteiger partial charge in [-0.3, -0.25) is 9.38 Å². The summed E-state index contributed by atoms with van der Waals surface area (Å²) in [6.07, 6.45) is 2.01. The number of aromatic nitrogens is 3. The summed E-state index contributed by atoms with van der Waals surface area (Å²) in [5.74, 6) is 0. The SMILES string of the molecule is c1ccc2cc(-c3ccc(-c4ccc(-c5cc6c(cn5)c5ccccc5n5c7ccccc7nc65)cc4)cc3)ccc2c1. The van der Waals surface area contributed by atoms with Gasteiger partial charge in [-0.05, 0) is 63.4 Å². The van der Waals surface area contributed by atoms with Crippen LogP contribution in [0.3, 0.4) is 0 Å². The smallest absolute Gasteiger partial charge is 0.146 e. The van der Waals surface area contributed by atoms with Gasteiger partial charge >= 0.3 is 0 Å². The second-order valence-corrected chi connectivity index (χ2v) is 11.1. The predicted octanol–water partition coefficient (Wildman–Crippen LogP) is 10.3. The normalized spacial score (nSPS) is 11.7. The van der Waals surface area contributed by atoms with Gasteiger partial charge in [0.15, 0.2) is 0 Å². The van der Waals surface area contributed by atoms with Crippen LogP contribution in [0.25, 0.3) is 82.6 Å². The molecule has 0 radical (unpaired) electrons. The zero-order valence-electron chi connectivity index (χ0n) is 23.3. The van der Waals surface area contributed by atoms with Crippen LogP contribution in [-0.2, 0) is 0 Å². The van der Waals surface area contributed by atoms with Gasteiger partial charge in [0, 0.05) is 27.9 Å². The highest BCUT2D eigenvalue weighted by Crippen LogP contribution is 2.34. The molecule has 0 aliphatic rings. The fourth-order valence-corrected chi connectivity index (χ4v) is 6.42. The van der Waals surface area contributed by atoms with E-state index in [1.54, 1.807) is 0 Å². The lowest BCUT2D eigenvalue weighted by molar-refractivity contribution is 1.30. The Bertz CT molecular complexity index is 2490. The van der Waals surface area contributed by atoms with Crippen molar-refractivity contribution in [3.05, 3.63) is 152 Å². The van der Waals surface area contributed by atoms with Crippen LogP contribution in [0, 0.1) is 0 Å². The topological polar surface area (TPSA) is 30.2 Å². The molecule has 0 aliphatic heterocycles. The van der Waals surface area contributed by atoms with Crippen molar-refractivity contribution in [1.82, 2.24) is 14.4 Å². The van der Waals surface area contributed by atoms with E-state index in [4.69, 9.17) is 9.97 Å². The maximum atomic E-state index is 5.06. The Labute approximate surface area is 248 Å². The molecular formula is C40H25N3. The minimum absolute atomic E-state index is 0.940. The van der Waals surface area contributed by atoms with Crippen molar-refractivity contribution in [1.29, 1.82) is 0 Å². The highest BCUT2D eigenvalue weighted by atomic mass is 15.0. The molecule has 6 aromatic carbocycles. The first-order valence-corrected chi connectivity index (χ1v) is 14.6. The molecule has 9 aromatic rings. The molecule has 43 heavy (non-hydrogen) atoms. The number of pyridine rings is 2. The number of fused-ring (bicyclic) bond motifs is 9. The molecule has 3 heterocycles. The molecule has 0 fully saturated rings. The van der Waals surface area contributed by atoms with E-state index < -0.39 is 0 Å². The Balaban J connectivity index is 1.09. The minimum Gasteiger partial charge on any atom is -0.292 e. The van der Waals surface area contributed by atoms with Crippen molar-refractivity contribution < 1.29 is 0 Å². The lowest BCUT2D eigenvalue weighted by atomic mass is 9.97. The number of imidazole rings is 1. The lowest BCUT2D eigenvalue weighted by Crippen LogP contribution is -1.93. The number of hydrogen-bond acceptors (Lipinski definition) is 2. The van der Waals surface area contributed by atoms with Crippen molar-refractivity contribution in [2.24, 2.45) is 0 Å². The molecule has 9 rings (SSSR count). The summed E-state index contributed by atoms with van der Waals surface area (Å²) >= 11 is 0. The van der Waals surface area contributed by atoms with Crippen LogP contribution in [0.4, 0.5) is 0 Å². The highest BCUT2D eigenvalue weighted by molar-refractivity contribution is 6.14. The molecule has 0 unspecified atom stereocenters. The van der Waals surface area contributed by atoms with Crippen molar-refractivity contribution in [2.45, 2.75) is 0 Å². The van der Waals surface area contributed by atoms with Crippen LogP contribution in [-0.4, -0.2) is 14.4 Å². The van der Waals surface area contributed by atoms with Gasteiger partial charge in [0.05, 0.1) is 22.2 Å². The Morgan fingerprint density at radius 2 is 1.02 bits per heavy atom. The molecule has 3 heteroatoms. The molecule has 0 saturated carbocycles. The van der Waals surface area contributed by atoms with E-state index in [1.165, 1.54) is 38.4 Å². The van der Waals surface area contributed by atoms with Crippen LogP contribution in [0.5, 0.6) is 0 Å². The summed E-state index contributed by atoms with van der Waals surface area (Å²) in [7, 11) is 0. The van der Waals surface area contributed by atoms with Crippen LogP contribution >= 0.6 is 0 Å². The minimum atomic E-state index is 0.940. The van der Waals surface area contributed by atoms with E-state index in [2.05, 4.69) is 144 Å². The molecule has 0 spiro atoms. The van der Waals surface area contributed by atoms with E-state index >= 15 is 0 Å². The number of nitrogens with zero attached hydrogens (tertiary/aromatic N) is 3. The van der Waals surface area contributed by atoms with Gasteiger partial charge in [0.25, 0.3) is 0 Å². The Morgan fingerprint density at radius 3 is 1.81 bits per heavy atom. The van der Waals surface area contributed by atoms with Gasteiger partial charge in [-0.2, -0.15) is 0 Å². The molecule has 0 atom stereocenters. The fraction of sp³-hybridized carbons (Fsp3) is 0. The first-order valence-electron chi connectivity index (χ1n) is 14.6. The van der Waals surface area contributed by atoms with Crippen molar-refractivity contribution in [2.75, 3.05) is 0 Å². The molecule has 3 aromatic heterocycles. The van der Waals surface area contributed by atoms with Crippen molar-refractivity contribution in [3.63, 3.8) is 0 Å². The fourth-order valence-electron chi connectivity index (χ4n) is 6.42. The Morgan fingerprint density at radius 1 is 0.419 bits per heavy atom. The zero-order chi connectivity index (χ0) is 28.3. The second-order valence-electron chi connectivity index (χ2n) is 11.1. The largest absolute Gasteiger partial charge is 0.292 e. The van der Waals surface area contributed by atoms with Crippen LogP contribution in [0.15, 0.2) is 152 Å². The summed E-state index contributed by atoms with van der Waals surface area (Å²) in [4.78, 5) is 9.98. The average Bonchev–Trinajstić information content (AvgIpc) is 3.48. The standard InChI is InChI=1S/C40H25N3/c1-2-8-31-23-32(22-19-26(31)7-1)29-15-13-27(14-16-29)28-17-20-30(21-18-28)37-24-34-35(25-41-37)33-9-3-5-11-38(33)43-39-12-6-4-10-36(39)42-40(34)43/h1-25H. The lowest BCUT2D eigenvalue weighted by Gasteiger charge is -2.11. The molecule has 0 saturated heterocycles. The third-order valence-corrected chi connectivity index (χ3v) is 8.62. The highest BCUT2D eigenvalue weighted by Gasteiger charge is 2.15. The predicted molar refractivity (Wildman–Crippen MR) is 179 cm³/mol.